The average Bonchev–Trinajstić information content (AvgIpc) is 3.21. The van der Waals surface area contributed by atoms with Gasteiger partial charge in [-0.25, -0.2) is 4.79 Å². The molecule has 2 heterocycles. The number of rotatable bonds is 2. The number of nitrogens with one attached hydrogen (secondary N) is 1. The molecule has 2 aliphatic heterocycles. The predicted octanol–water partition coefficient (Wildman–Crippen LogP) is 4.90. The van der Waals surface area contributed by atoms with Crippen molar-refractivity contribution in [3.8, 4) is 0 Å². The SMILES string of the molecule is O=C(Nc1cc(C(F)(F)F)ccc1N1CCCC1)N1CCc2ccccc2C1. The van der Waals surface area contributed by atoms with E-state index in [1.165, 1.54) is 11.6 Å². The molecular weight excluding hydrogens is 367 g/mol. The fourth-order valence-corrected chi connectivity index (χ4v) is 3.91. The van der Waals surface area contributed by atoms with Gasteiger partial charge in [0.05, 0.1) is 16.9 Å². The van der Waals surface area contributed by atoms with Crippen LogP contribution in [0.25, 0.3) is 0 Å². The summed E-state index contributed by atoms with van der Waals surface area (Å²) in [6.07, 6.45) is -1.72. The molecule has 0 aliphatic carbocycles. The lowest BCUT2D eigenvalue weighted by Crippen LogP contribution is -2.39. The molecule has 2 amide bonds. The highest BCUT2D eigenvalue weighted by Crippen LogP contribution is 2.36. The Kier molecular flexibility index (Phi) is 4.91. The Bertz CT molecular complexity index is 875. The average molecular weight is 389 g/mol. The molecule has 0 spiro atoms. The molecular formula is C21H22F3N3O. The molecule has 2 aromatic carbocycles. The second kappa shape index (κ2) is 7.37. The topological polar surface area (TPSA) is 35.6 Å². The molecule has 148 valence electrons. The molecule has 28 heavy (non-hydrogen) atoms. The maximum Gasteiger partial charge on any atom is 0.416 e. The molecule has 2 aliphatic rings. The fourth-order valence-electron chi connectivity index (χ4n) is 3.91. The minimum absolute atomic E-state index is 0.223. The third-order valence-electron chi connectivity index (χ3n) is 5.43. The van der Waals surface area contributed by atoms with Crippen LogP contribution in [0.4, 0.5) is 29.3 Å². The molecule has 1 fully saturated rings. The molecule has 1 saturated heterocycles. The van der Waals surface area contributed by atoms with Crippen LogP contribution in [-0.4, -0.2) is 30.6 Å². The molecule has 0 atom stereocenters. The zero-order valence-corrected chi connectivity index (χ0v) is 15.4. The van der Waals surface area contributed by atoms with Gasteiger partial charge >= 0.3 is 12.2 Å². The smallest absolute Gasteiger partial charge is 0.370 e. The largest absolute Gasteiger partial charge is 0.416 e. The number of hydrogen-bond acceptors (Lipinski definition) is 2. The van der Waals surface area contributed by atoms with Crippen LogP contribution in [0.15, 0.2) is 42.5 Å². The van der Waals surface area contributed by atoms with Gasteiger partial charge in [0.1, 0.15) is 0 Å². The second-order valence-corrected chi connectivity index (χ2v) is 7.29. The first-order valence-electron chi connectivity index (χ1n) is 9.51. The molecule has 1 N–H and O–H groups in total. The predicted molar refractivity (Wildman–Crippen MR) is 102 cm³/mol. The lowest BCUT2D eigenvalue weighted by molar-refractivity contribution is -0.137. The monoisotopic (exact) mass is 389 g/mol. The summed E-state index contributed by atoms with van der Waals surface area (Å²) in [5, 5.41) is 2.75. The Balaban J connectivity index is 1.58. The van der Waals surface area contributed by atoms with Crippen LogP contribution >= 0.6 is 0 Å². The first-order valence-corrected chi connectivity index (χ1v) is 9.51. The van der Waals surface area contributed by atoms with E-state index in [9.17, 15) is 18.0 Å². The van der Waals surface area contributed by atoms with Crippen molar-refractivity contribution in [2.45, 2.75) is 32.0 Å². The van der Waals surface area contributed by atoms with Crippen LogP contribution in [0.1, 0.15) is 29.5 Å². The highest BCUT2D eigenvalue weighted by Gasteiger charge is 2.32. The molecule has 0 radical (unpaired) electrons. The lowest BCUT2D eigenvalue weighted by atomic mass is 10.0. The maximum atomic E-state index is 13.2. The number of benzene rings is 2. The van der Waals surface area contributed by atoms with Crippen molar-refractivity contribution in [2.24, 2.45) is 0 Å². The minimum Gasteiger partial charge on any atom is -0.370 e. The van der Waals surface area contributed by atoms with Crippen molar-refractivity contribution in [1.29, 1.82) is 0 Å². The Morgan fingerprint density at radius 2 is 1.68 bits per heavy atom. The summed E-state index contributed by atoms with van der Waals surface area (Å²) < 4.78 is 39.6. The van der Waals surface area contributed by atoms with E-state index in [1.54, 1.807) is 4.90 Å². The van der Waals surface area contributed by atoms with E-state index in [0.29, 0.717) is 18.8 Å². The number of fused-ring (bicyclic) bond motifs is 1. The Morgan fingerprint density at radius 1 is 0.964 bits per heavy atom. The fraction of sp³-hybridized carbons (Fsp3) is 0.381. The summed E-state index contributed by atoms with van der Waals surface area (Å²) in [7, 11) is 0. The molecule has 2 aromatic rings. The number of urea groups is 1. The summed E-state index contributed by atoms with van der Waals surface area (Å²) in [4.78, 5) is 16.5. The van der Waals surface area contributed by atoms with Crippen LogP contribution in [0, 0.1) is 0 Å². The highest BCUT2D eigenvalue weighted by molar-refractivity contribution is 5.93. The highest BCUT2D eigenvalue weighted by atomic mass is 19.4. The summed E-state index contributed by atoms with van der Waals surface area (Å²) >= 11 is 0. The van der Waals surface area contributed by atoms with Crippen LogP contribution in [0.3, 0.4) is 0 Å². The van der Waals surface area contributed by atoms with E-state index in [4.69, 9.17) is 0 Å². The van der Waals surface area contributed by atoms with Gasteiger partial charge in [0.25, 0.3) is 0 Å². The summed E-state index contributed by atoms with van der Waals surface area (Å²) in [6, 6.07) is 11.2. The Hall–Kier alpha value is -2.70. The van der Waals surface area contributed by atoms with Crippen molar-refractivity contribution in [3.05, 3.63) is 59.2 Å². The lowest BCUT2D eigenvalue weighted by Gasteiger charge is -2.30. The van der Waals surface area contributed by atoms with E-state index in [0.717, 1.165) is 50.0 Å². The first kappa shape index (κ1) is 18.7. The number of anilines is 2. The van der Waals surface area contributed by atoms with Crippen molar-refractivity contribution in [2.75, 3.05) is 29.9 Å². The molecule has 7 heteroatoms. The molecule has 0 unspecified atom stereocenters. The van der Waals surface area contributed by atoms with Gasteiger partial charge in [0.2, 0.25) is 0 Å². The van der Waals surface area contributed by atoms with Crippen LogP contribution in [0.5, 0.6) is 0 Å². The maximum absolute atomic E-state index is 13.2. The van der Waals surface area contributed by atoms with Gasteiger partial charge in [-0.05, 0) is 48.6 Å². The van der Waals surface area contributed by atoms with Gasteiger partial charge in [0.15, 0.2) is 0 Å². The number of amides is 2. The third-order valence-corrected chi connectivity index (χ3v) is 5.43. The zero-order valence-electron chi connectivity index (χ0n) is 15.4. The van der Waals surface area contributed by atoms with Crippen molar-refractivity contribution in [1.82, 2.24) is 4.90 Å². The van der Waals surface area contributed by atoms with E-state index in [-0.39, 0.29) is 11.7 Å². The molecule has 0 bridgehead atoms. The molecule has 0 saturated carbocycles. The number of carbonyl (C=O) groups excluding carboxylic acids is 1. The number of nitrogens with zero attached hydrogens (tertiary/aromatic N) is 2. The number of alkyl halides is 3. The van der Waals surface area contributed by atoms with Gasteiger partial charge in [-0.2, -0.15) is 13.2 Å². The summed E-state index contributed by atoms with van der Waals surface area (Å²) in [5.74, 6) is 0. The van der Waals surface area contributed by atoms with Gasteiger partial charge < -0.3 is 15.1 Å². The quantitative estimate of drug-likeness (QED) is 0.793. The first-order chi connectivity index (χ1) is 13.4. The number of halogens is 3. The third kappa shape index (κ3) is 3.79. The van der Waals surface area contributed by atoms with E-state index >= 15 is 0 Å². The van der Waals surface area contributed by atoms with Crippen molar-refractivity contribution in [3.63, 3.8) is 0 Å². The van der Waals surface area contributed by atoms with Crippen LogP contribution < -0.4 is 10.2 Å². The zero-order chi connectivity index (χ0) is 19.7. The van der Waals surface area contributed by atoms with E-state index < -0.39 is 11.7 Å². The van der Waals surface area contributed by atoms with Gasteiger partial charge in [-0.3, -0.25) is 0 Å². The molecule has 0 aromatic heterocycles. The van der Waals surface area contributed by atoms with Gasteiger partial charge in [-0.1, -0.05) is 24.3 Å². The van der Waals surface area contributed by atoms with Crippen LogP contribution in [-0.2, 0) is 19.1 Å². The number of hydrogen-bond donors (Lipinski definition) is 1. The molecule has 4 rings (SSSR count). The van der Waals surface area contributed by atoms with Crippen molar-refractivity contribution < 1.29 is 18.0 Å². The van der Waals surface area contributed by atoms with Crippen molar-refractivity contribution >= 4 is 17.4 Å². The van der Waals surface area contributed by atoms with Crippen LogP contribution in [0.2, 0.25) is 0 Å². The number of carbonyl (C=O) groups is 1. The Labute approximate surface area is 161 Å². The summed E-state index contributed by atoms with van der Waals surface area (Å²) in [5.41, 5.74) is 2.41. The minimum atomic E-state index is -4.45. The summed E-state index contributed by atoms with van der Waals surface area (Å²) in [6.45, 7) is 2.57. The second-order valence-electron chi connectivity index (χ2n) is 7.29. The Morgan fingerprint density at radius 3 is 2.39 bits per heavy atom. The van der Waals surface area contributed by atoms with Gasteiger partial charge in [0, 0.05) is 26.2 Å². The van der Waals surface area contributed by atoms with E-state index in [1.807, 2.05) is 29.2 Å². The molecule has 4 nitrogen and oxygen atoms in total. The van der Waals surface area contributed by atoms with E-state index in [2.05, 4.69) is 5.32 Å². The van der Waals surface area contributed by atoms with Gasteiger partial charge in [-0.15, -0.1) is 0 Å². The normalized spacial score (nSPS) is 16.8. The standard InChI is InChI=1S/C21H22F3N3O/c22-21(23,24)17-7-8-19(26-10-3-4-11-26)18(13-17)25-20(28)27-12-9-15-5-1-2-6-16(15)14-27/h1-2,5-8,13H,3-4,9-12,14H2,(H,25,28).